The van der Waals surface area contributed by atoms with Crippen LogP contribution in [0.2, 0.25) is 0 Å². The maximum Gasteiger partial charge on any atom is 0.218 e. The predicted octanol–water partition coefficient (Wildman–Crippen LogP) is 1.81. The fraction of sp³-hybridized carbons (Fsp3) is 0.917. The van der Waals surface area contributed by atoms with Gasteiger partial charge in [-0.15, -0.1) is 0 Å². The fourth-order valence-corrected chi connectivity index (χ4v) is 2.75. The summed E-state index contributed by atoms with van der Waals surface area (Å²) in [6, 6.07) is 0.179. The van der Waals surface area contributed by atoms with E-state index in [0.717, 1.165) is 5.92 Å². The lowest BCUT2D eigenvalue weighted by Gasteiger charge is -2.35. The molecule has 1 rings (SSSR count). The first kappa shape index (κ1) is 12.5. The summed E-state index contributed by atoms with van der Waals surface area (Å²) >= 11 is 0. The van der Waals surface area contributed by atoms with E-state index in [9.17, 15) is 4.79 Å². The zero-order valence-corrected chi connectivity index (χ0v) is 10.2. The molecule has 1 amide bonds. The molecule has 0 aliphatic heterocycles. The molecule has 0 aromatic rings. The molecule has 1 saturated carbocycles. The molecule has 1 aliphatic carbocycles. The van der Waals surface area contributed by atoms with Gasteiger partial charge in [-0.25, -0.2) is 0 Å². The highest BCUT2D eigenvalue weighted by molar-refractivity contribution is 5.74. The van der Waals surface area contributed by atoms with Crippen molar-refractivity contribution in [2.75, 3.05) is 0 Å². The number of rotatable bonds is 5. The van der Waals surface area contributed by atoms with Crippen LogP contribution in [0.4, 0.5) is 0 Å². The average molecular weight is 212 g/mol. The Bertz CT molecular complexity index is 220. The fourth-order valence-electron chi connectivity index (χ4n) is 2.75. The zero-order valence-electron chi connectivity index (χ0n) is 10.2. The summed E-state index contributed by atoms with van der Waals surface area (Å²) in [6.07, 6.45) is 5.74. The zero-order chi connectivity index (χ0) is 11.5. The lowest BCUT2D eigenvalue weighted by molar-refractivity contribution is -0.118. The second kappa shape index (κ2) is 4.97. The lowest BCUT2D eigenvalue weighted by atomic mass is 9.85. The van der Waals surface area contributed by atoms with Crippen molar-refractivity contribution in [3.63, 3.8) is 0 Å². The number of hydrogen-bond donors (Lipinski definition) is 2. The van der Waals surface area contributed by atoms with Gasteiger partial charge in [0, 0.05) is 18.0 Å². The molecule has 3 nitrogen and oxygen atoms in total. The van der Waals surface area contributed by atoms with Gasteiger partial charge in [0.1, 0.15) is 0 Å². The molecule has 88 valence electrons. The molecule has 0 aromatic carbocycles. The molecule has 1 atom stereocenters. The summed E-state index contributed by atoms with van der Waals surface area (Å²) in [4.78, 5) is 10.8. The van der Waals surface area contributed by atoms with Crippen LogP contribution in [0.25, 0.3) is 0 Å². The maximum atomic E-state index is 10.8. The SMILES string of the molecule is CC(CC(N)=O)NC(C)(C)C1CCCC1. The van der Waals surface area contributed by atoms with E-state index in [1.54, 1.807) is 0 Å². The van der Waals surface area contributed by atoms with Crippen molar-refractivity contribution >= 4 is 5.91 Å². The smallest absolute Gasteiger partial charge is 0.218 e. The molecule has 0 spiro atoms. The number of carbonyl (C=O) groups excluding carboxylic acids is 1. The quantitative estimate of drug-likeness (QED) is 0.730. The van der Waals surface area contributed by atoms with Crippen LogP contribution in [0, 0.1) is 5.92 Å². The first-order valence-corrected chi connectivity index (χ1v) is 5.98. The molecular formula is C12H24N2O. The lowest BCUT2D eigenvalue weighted by Crippen LogP contribution is -2.50. The highest BCUT2D eigenvalue weighted by Crippen LogP contribution is 2.33. The maximum absolute atomic E-state index is 10.8. The van der Waals surface area contributed by atoms with E-state index in [1.165, 1.54) is 25.7 Å². The molecule has 15 heavy (non-hydrogen) atoms. The van der Waals surface area contributed by atoms with Gasteiger partial charge in [0.05, 0.1) is 0 Å². The molecule has 0 heterocycles. The number of carbonyl (C=O) groups is 1. The first-order valence-electron chi connectivity index (χ1n) is 5.98. The minimum Gasteiger partial charge on any atom is -0.370 e. The molecule has 1 unspecified atom stereocenters. The Kier molecular flexibility index (Phi) is 4.14. The van der Waals surface area contributed by atoms with E-state index in [4.69, 9.17) is 5.73 Å². The van der Waals surface area contributed by atoms with Crippen molar-refractivity contribution in [3.8, 4) is 0 Å². The Hall–Kier alpha value is -0.570. The Morgan fingerprint density at radius 3 is 2.47 bits per heavy atom. The number of hydrogen-bond acceptors (Lipinski definition) is 2. The van der Waals surface area contributed by atoms with Gasteiger partial charge in [-0.3, -0.25) is 4.79 Å². The minimum atomic E-state index is -0.225. The van der Waals surface area contributed by atoms with Gasteiger partial charge in [-0.05, 0) is 39.5 Å². The minimum absolute atomic E-state index is 0.130. The van der Waals surface area contributed by atoms with Gasteiger partial charge < -0.3 is 11.1 Å². The predicted molar refractivity (Wildman–Crippen MR) is 62.4 cm³/mol. The summed E-state index contributed by atoms with van der Waals surface area (Å²) < 4.78 is 0. The van der Waals surface area contributed by atoms with Crippen LogP contribution < -0.4 is 11.1 Å². The van der Waals surface area contributed by atoms with Crippen LogP contribution >= 0.6 is 0 Å². The van der Waals surface area contributed by atoms with Crippen LogP contribution in [0.5, 0.6) is 0 Å². The molecular weight excluding hydrogens is 188 g/mol. The Morgan fingerprint density at radius 1 is 1.47 bits per heavy atom. The van der Waals surface area contributed by atoms with E-state index in [0.29, 0.717) is 6.42 Å². The molecule has 0 bridgehead atoms. The summed E-state index contributed by atoms with van der Waals surface area (Å²) in [7, 11) is 0. The standard InChI is InChI=1S/C12H24N2O/c1-9(8-11(13)15)14-12(2,3)10-6-4-5-7-10/h9-10,14H,4-8H2,1-3H3,(H2,13,15). The van der Waals surface area contributed by atoms with Gasteiger partial charge in [0.25, 0.3) is 0 Å². The highest BCUT2D eigenvalue weighted by atomic mass is 16.1. The van der Waals surface area contributed by atoms with Crippen LogP contribution in [0.15, 0.2) is 0 Å². The molecule has 3 heteroatoms. The Labute approximate surface area is 92.8 Å². The Morgan fingerprint density at radius 2 is 2.00 bits per heavy atom. The Balaban J connectivity index is 2.43. The van der Waals surface area contributed by atoms with E-state index in [2.05, 4.69) is 19.2 Å². The topological polar surface area (TPSA) is 55.1 Å². The van der Waals surface area contributed by atoms with Crippen molar-refractivity contribution in [2.45, 2.75) is 64.5 Å². The van der Waals surface area contributed by atoms with Gasteiger partial charge in [-0.2, -0.15) is 0 Å². The van der Waals surface area contributed by atoms with Crippen LogP contribution in [-0.4, -0.2) is 17.5 Å². The second-order valence-corrected chi connectivity index (χ2v) is 5.42. The van der Waals surface area contributed by atoms with E-state index < -0.39 is 0 Å². The monoisotopic (exact) mass is 212 g/mol. The molecule has 0 saturated heterocycles. The van der Waals surface area contributed by atoms with E-state index in [1.807, 2.05) is 6.92 Å². The normalized spacial score (nSPS) is 20.5. The third-order valence-corrected chi connectivity index (χ3v) is 3.50. The molecule has 1 aliphatic rings. The summed E-state index contributed by atoms with van der Waals surface area (Å²) in [5.41, 5.74) is 5.32. The van der Waals surface area contributed by atoms with Gasteiger partial charge in [0.15, 0.2) is 0 Å². The third kappa shape index (κ3) is 3.82. The highest BCUT2D eigenvalue weighted by Gasteiger charge is 2.32. The van der Waals surface area contributed by atoms with Crippen LogP contribution in [0.3, 0.4) is 0 Å². The second-order valence-electron chi connectivity index (χ2n) is 5.42. The largest absolute Gasteiger partial charge is 0.370 e. The molecule has 0 radical (unpaired) electrons. The van der Waals surface area contributed by atoms with E-state index in [-0.39, 0.29) is 17.5 Å². The summed E-state index contributed by atoms with van der Waals surface area (Å²) in [6.45, 7) is 6.50. The van der Waals surface area contributed by atoms with Crippen molar-refractivity contribution < 1.29 is 4.79 Å². The van der Waals surface area contributed by atoms with Crippen molar-refractivity contribution in [3.05, 3.63) is 0 Å². The average Bonchev–Trinajstić information content (AvgIpc) is 2.51. The molecule has 3 N–H and O–H groups in total. The number of amides is 1. The van der Waals surface area contributed by atoms with Crippen molar-refractivity contribution in [2.24, 2.45) is 11.7 Å². The first-order chi connectivity index (χ1) is 6.92. The summed E-state index contributed by atoms with van der Waals surface area (Å²) in [5, 5.41) is 3.53. The van der Waals surface area contributed by atoms with Gasteiger partial charge in [0.2, 0.25) is 5.91 Å². The number of nitrogens with one attached hydrogen (secondary N) is 1. The van der Waals surface area contributed by atoms with Crippen LogP contribution in [0.1, 0.15) is 52.9 Å². The number of nitrogens with two attached hydrogens (primary N) is 1. The third-order valence-electron chi connectivity index (χ3n) is 3.50. The van der Waals surface area contributed by atoms with E-state index >= 15 is 0 Å². The van der Waals surface area contributed by atoms with Gasteiger partial charge >= 0.3 is 0 Å². The van der Waals surface area contributed by atoms with Crippen molar-refractivity contribution in [1.29, 1.82) is 0 Å². The molecule has 0 aromatic heterocycles. The summed E-state index contributed by atoms with van der Waals surface area (Å²) in [5.74, 6) is 0.519. The van der Waals surface area contributed by atoms with Crippen LogP contribution in [-0.2, 0) is 4.79 Å². The molecule has 1 fully saturated rings. The number of primary amides is 1. The van der Waals surface area contributed by atoms with Crippen molar-refractivity contribution in [1.82, 2.24) is 5.32 Å². The van der Waals surface area contributed by atoms with Gasteiger partial charge in [-0.1, -0.05) is 12.8 Å².